The fourth-order valence-electron chi connectivity index (χ4n) is 5.40. The number of sulfonamides is 1. The van der Waals surface area contributed by atoms with Crippen molar-refractivity contribution in [3.05, 3.63) is 41.5 Å². The van der Waals surface area contributed by atoms with E-state index in [1.807, 2.05) is 4.90 Å². The number of hydrogen-bond acceptors (Lipinski definition) is 5. The van der Waals surface area contributed by atoms with Gasteiger partial charge in [0.25, 0.3) is 0 Å². The first-order valence-electron chi connectivity index (χ1n) is 12.3. The van der Waals surface area contributed by atoms with Gasteiger partial charge in [0.05, 0.1) is 17.4 Å². The first kappa shape index (κ1) is 22.5. The van der Waals surface area contributed by atoms with Gasteiger partial charge < -0.3 is 9.47 Å². The molecule has 1 unspecified atom stereocenters. The fraction of sp³-hybridized carbons (Fsp3) is 0.625. The summed E-state index contributed by atoms with van der Waals surface area (Å²) in [5.41, 5.74) is 0.836. The first-order valence-corrected chi connectivity index (χ1v) is 13.8. The number of aromatic nitrogens is 3. The highest BCUT2D eigenvalue weighted by atomic mass is 32.2. The van der Waals surface area contributed by atoms with Gasteiger partial charge in [0.2, 0.25) is 15.9 Å². The van der Waals surface area contributed by atoms with Crippen LogP contribution in [0.3, 0.4) is 0 Å². The molecule has 9 heteroatoms. The Kier molecular flexibility index (Phi) is 6.51. The number of fused-ring (bicyclic) bond motifs is 1. The number of nitrogens with zero attached hydrogens (tertiary/aromatic N) is 5. The summed E-state index contributed by atoms with van der Waals surface area (Å²) >= 11 is 0. The lowest BCUT2D eigenvalue weighted by atomic mass is 10.1. The predicted molar refractivity (Wildman–Crippen MR) is 124 cm³/mol. The number of hydrogen-bond donors (Lipinski definition) is 0. The number of piperidine rings is 1. The fourth-order valence-corrected chi connectivity index (χ4v) is 6.91. The number of likely N-dealkylation sites (tertiary alicyclic amines) is 1. The minimum atomic E-state index is -3.45. The van der Waals surface area contributed by atoms with Crippen molar-refractivity contribution in [2.24, 2.45) is 0 Å². The van der Waals surface area contributed by atoms with Crippen molar-refractivity contribution < 1.29 is 13.2 Å². The zero-order valence-corrected chi connectivity index (χ0v) is 20.0. The SMILES string of the molecule is O=C(Cc1ccc(S(=O)(=O)N2CCCCC2)cc1)N1CCCC1c1nnc2n1CCCCC2. The van der Waals surface area contributed by atoms with Gasteiger partial charge in [0.1, 0.15) is 5.82 Å². The molecule has 1 aromatic carbocycles. The van der Waals surface area contributed by atoms with E-state index in [9.17, 15) is 13.2 Å². The smallest absolute Gasteiger partial charge is 0.243 e. The molecule has 0 bridgehead atoms. The van der Waals surface area contributed by atoms with Crippen LogP contribution in [0, 0.1) is 0 Å². The van der Waals surface area contributed by atoms with Crippen molar-refractivity contribution in [1.82, 2.24) is 24.0 Å². The van der Waals surface area contributed by atoms with Gasteiger partial charge >= 0.3 is 0 Å². The summed E-state index contributed by atoms with van der Waals surface area (Å²) in [6.45, 7) is 2.84. The average molecular weight is 472 g/mol. The summed E-state index contributed by atoms with van der Waals surface area (Å²) in [7, 11) is -3.45. The molecular formula is C24H33N5O3S. The van der Waals surface area contributed by atoms with Gasteiger partial charge in [0.15, 0.2) is 5.82 Å². The van der Waals surface area contributed by atoms with Crippen LogP contribution in [-0.2, 0) is 34.2 Å². The summed E-state index contributed by atoms with van der Waals surface area (Å²) < 4.78 is 29.6. The summed E-state index contributed by atoms with van der Waals surface area (Å²) in [6.07, 6.45) is 9.50. The van der Waals surface area contributed by atoms with E-state index in [0.29, 0.717) is 18.0 Å². The van der Waals surface area contributed by atoms with Crippen LogP contribution in [0.1, 0.15) is 74.6 Å². The van der Waals surface area contributed by atoms with Crippen LogP contribution < -0.4 is 0 Å². The number of amides is 1. The van der Waals surface area contributed by atoms with Gasteiger partial charge in [0, 0.05) is 32.6 Å². The Morgan fingerprint density at radius 3 is 2.39 bits per heavy atom. The number of carbonyl (C=O) groups is 1. The number of rotatable bonds is 5. The minimum Gasteiger partial charge on any atom is -0.332 e. The van der Waals surface area contributed by atoms with E-state index in [0.717, 1.165) is 81.7 Å². The third-order valence-electron chi connectivity index (χ3n) is 7.24. The van der Waals surface area contributed by atoms with Crippen LogP contribution in [0.2, 0.25) is 0 Å². The zero-order chi connectivity index (χ0) is 22.8. The van der Waals surface area contributed by atoms with Crippen LogP contribution in [0.5, 0.6) is 0 Å². The lowest BCUT2D eigenvalue weighted by Gasteiger charge is -2.26. The molecule has 2 aromatic rings. The Morgan fingerprint density at radius 1 is 0.879 bits per heavy atom. The van der Waals surface area contributed by atoms with Gasteiger partial charge in [-0.3, -0.25) is 4.79 Å². The van der Waals surface area contributed by atoms with Crippen LogP contribution in [0.25, 0.3) is 0 Å². The van der Waals surface area contributed by atoms with E-state index in [4.69, 9.17) is 0 Å². The number of benzene rings is 1. The van der Waals surface area contributed by atoms with Gasteiger partial charge in [-0.1, -0.05) is 25.0 Å². The predicted octanol–water partition coefficient (Wildman–Crippen LogP) is 3.09. The van der Waals surface area contributed by atoms with Crippen LogP contribution in [0.4, 0.5) is 0 Å². The molecule has 3 aliphatic rings. The third-order valence-corrected chi connectivity index (χ3v) is 9.15. The van der Waals surface area contributed by atoms with Crippen LogP contribution >= 0.6 is 0 Å². The second kappa shape index (κ2) is 9.54. The quantitative estimate of drug-likeness (QED) is 0.669. The lowest BCUT2D eigenvalue weighted by molar-refractivity contribution is -0.131. The van der Waals surface area contributed by atoms with E-state index >= 15 is 0 Å². The molecule has 0 N–H and O–H groups in total. The lowest BCUT2D eigenvalue weighted by Crippen LogP contribution is -2.35. The highest BCUT2D eigenvalue weighted by molar-refractivity contribution is 7.89. The highest BCUT2D eigenvalue weighted by Gasteiger charge is 2.34. The first-order chi connectivity index (χ1) is 16.0. The molecule has 1 amide bonds. The van der Waals surface area contributed by atoms with Gasteiger partial charge in [-0.25, -0.2) is 8.42 Å². The maximum absolute atomic E-state index is 13.2. The van der Waals surface area contributed by atoms with Crippen LogP contribution in [-0.4, -0.2) is 57.9 Å². The highest BCUT2D eigenvalue weighted by Crippen LogP contribution is 2.33. The third kappa shape index (κ3) is 4.57. The standard InChI is InChI=1S/C24H33N5O3S/c30-23(18-19-10-12-20(13-11-19)33(31,32)27-14-4-2-5-15-27)28-17-7-8-21(28)24-26-25-22-9-3-1-6-16-29(22)24/h10-13,21H,1-9,14-18H2. The van der Waals surface area contributed by atoms with Crippen LogP contribution in [0.15, 0.2) is 29.2 Å². The van der Waals surface area contributed by atoms with Gasteiger partial charge in [-0.15, -0.1) is 10.2 Å². The minimum absolute atomic E-state index is 0.0180. The van der Waals surface area contributed by atoms with Gasteiger partial charge in [-0.05, 0) is 56.2 Å². The second-order valence-corrected chi connectivity index (χ2v) is 11.4. The Balaban J connectivity index is 1.28. The summed E-state index contributed by atoms with van der Waals surface area (Å²) in [5, 5.41) is 8.92. The molecule has 0 saturated carbocycles. The van der Waals surface area contributed by atoms with E-state index in [2.05, 4.69) is 14.8 Å². The molecule has 4 heterocycles. The maximum atomic E-state index is 13.2. The maximum Gasteiger partial charge on any atom is 0.243 e. The second-order valence-electron chi connectivity index (χ2n) is 9.47. The van der Waals surface area contributed by atoms with E-state index in [-0.39, 0.29) is 18.4 Å². The monoisotopic (exact) mass is 471 g/mol. The summed E-state index contributed by atoms with van der Waals surface area (Å²) in [6, 6.07) is 6.83. The molecular weight excluding hydrogens is 438 g/mol. The molecule has 8 nitrogen and oxygen atoms in total. The van der Waals surface area contributed by atoms with Crippen molar-refractivity contribution in [2.75, 3.05) is 19.6 Å². The number of aryl methyl sites for hydroxylation is 1. The summed E-state index contributed by atoms with van der Waals surface area (Å²) in [5.74, 6) is 2.04. The molecule has 5 rings (SSSR count). The van der Waals surface area contributed by atoms with Gasteiger partial charge in [-0.2, -0.15) is 4.31 Å². The summed E-state index contributed by atoms with van der Waals surface area (Å²) in [4.78, 5) is 15.5. The van der Waals surface area contributed by atoms with E-state index < -0.39 is 10.0 Å². The Labute approximate surface area is 196 Å². The Hall–Kier alpha value is -2.26. The molecule has 1 aromatic heterocycles. The van der Waals surface area contributed by atoms with Crippen molar-refractivity contribution >= 4 is 15.9 Å². The number of carbonyl (C=O) groups excluding carboxylic acids is 1. The molecule has 33 heavy (non-hydrogen) atoms. The van der Waals surface area contributed by atoms with E-state index in [1.165, 1.54) is 6.42 Å². The molecule has 2 saturated heterocycles. The normalized spacial score (nSPS) is 22.2. The Morgan fingerprint density at radius 2 is 1.61 bits per heavy atom. The van der Waals surface area contributed by atoms with E-state index in [1.54, 1.807) is 28.6 Å². The van der Waals surface area contributed by atoms with Crippen molar-refractivity contribution in [3.63, 3.8) is 0 Å². The van der Waals surface area contributed by atoms with Crippen molar-refractivity contribution in [2.45, 2.75) is 81.7 Å². The zero-order valence-electron chi connectivity index (χ0n) is 19.2. The molecule has 0 spiro atoms. The molecule has 0 radical (unpaired) electrons. The molecule has 178 valence electrons. The Bertz CT molecular complexity index is 1090. The molecule has 3 aliphatic heterocycles. The average Bonchev–Trinajstić information content (AvgIpc) is 3.41. The molecule has 2 fully saturated rings. The largest absolute Gasteiger partial charge is 0.332 e. The molecule has 1 atom stereocenters. The van der Waals surface area contributed by atoms with Crippen molar-refractivity contribution in [1.29, 1.82) is 0 Å². The topological polar surface area (TPSA) is 88.4 Å². The van der Waals surface area contributed by atoms with Crippen molar-refractivity contribution in [3.8, 4) is 0 Å². The molecule has 0 aliphatic carbocycles.